The number of carbonyl (C=O) groups excluding carboxylic acids is 1. The number of aromatic hydroxyl groups is 2. The summed E-state index contributed by atoms with van der Waals surface area (Å²) in [5.41, 5.74) is 2.43. The summed E-state index contributed by atoms with van der Waals surface area (Å²) in [4.78, 5) is 11.3. The van der Waals surface area contributed by atoms with E-state index in [-0.39, 0.29) is 17.1 Å². The van der Waals surface area contributed by atoms with Crippen LogP contribution in [0.5, 0.6) is 11.5 Å². The lowest BCUT2D eigenvalue weighted by molar-refractivity contribution is 0.111. The van der Waals surface area contributed by atoms with Gasteiger partial charge in [-0.3, -0.25) is 4.79 Å². The maximum Gasteiger partial charge on any atom is 0.154 e. The molecular formula is C19H26O3. The van der Waals surface area contributed by atoms with Gasteiger partial charge in [-0.25, -0.2) is 0 Å². The SMILES string of the molecule is CCCC=CCCc1c(O)cc(CC=C(C)C)c(O)c1C=O. The molecule has 3 nitrogen and oxygen atoms in total. The highest BCUT2D eigenvalue weighted by Gasteiger charge is 2.16. The highest BCUT2D eigenvalue weighted by Crippen LogP contribution is 2.33. The predicted octanol–water partition coefficient (Wildman–Crippen LogP) is 4.71. The molecule has 0 bridgehead atoms. The second-order valence-electron chi connectivity index (χ2n) is 5.70. The van der Waals surface area contributed by atoms with Crippen LogP contribution in [0.3, 0.4) is 0 Å². The molecule has 1 rings (SSSR count). The zero-order valence-electron chi connectivity index (χ0n) is 13.7. The van der Waals surface area contributed by atoms with Gasteiger partial charge in [-0.05, 0) is 45.6 Å². The van der Waals surface area contributed by atoms with Crippen molar-refractivity contribution >= 4 is 6.29 Å². The van der Waals surface area contributed by atoms with Crippen molar-refractivity contribution in [1.82, 2.24) is 0 Å². The molecule has 0 aromatic heterocycles. The summed E-state index contributed by atoms with van der Waals surface area (Å²) < 4.78 is 0. The van der Waals surface area contributed by atoms with Crippen LogP contribution in [-0.4, -0.2) is 16.5 Å². The minimum Gasteiger partial charge on any atom is -0.508 e. The van der Waals surface area contributed by atoms with Crippen LogP contribution in [0.4, 0.5) is 0 Å². The average Bonchev–Trinajstić information content (AvgIpc) is 2.48. The van der Waals surface area contributed by atoms with Gasteiger partial charge in [-0.1, -0.05) is 37.1 Å². The molecule has 0 aliphatic carbocycles. The van der Waals surface area contributed by atoms with E-state index < -0.39 is 0 Å². The van der Waals surface area contributed by atoms with Crippen molar-refractivity contribution in [2.45, 2.75) is 52.9 Å². The molecule has 0 radical (unpaired) electrons. The van der Waals surface area contributed by atoms with Crippen LogP contribution < -0.4 is 0 Å². The largest absolute Gasteiger partial charge is 0.508 e. The zero-order chi connectivity index (χ0) is 16.5. The first kappa shape index (κ1) is 18.0. The van der Waals surface area contributed by atoms with E-state index in [9.17, 15) is 15.0 Å². The number of phenols is 2. The third-order valence-corrected chi connectivity index (χ3v) is 3.54. The van der Waals surface area contributed by atoms with E-state index in [4.69, 9.17) is 0 Å². The van der Waals surface area contributed by atoms with Crippen LogP contribution >= 0.6 is 0 Å². The number of aldehydes is 1. The van der Waals surface area contributed by atoms with Crippen molar-refractivity contribution in [2.75, 3.05) is 0 Å². The first-order valence-electron chi connectivity index (χ1n) is 7.81. The van der Waals surface area contributed by atoms with E-state index in [2.05, 4.69) is 13.0 Å². The van der Waals surface area contributed by atoms with E-state index in [1.165, 1.54) is 0 Å². The molecule has 2 N–H and O–H groups in total. The fourth-order valence-corrected chi connectivity index (χ4v) is 2.26. The molecule has 0 fully saturated rings. The van der Waals surface area contributed by atoms with Crippen LogP contribution in [0.25, 0.3) is 0 Å². The maximum absolute atomic E-state index is 11.3. The summed E-state index contributed by atoms with van der Waals surface area (Å²) >= 11 is 0. The predicted molar refractivity (Wildman–Crippen MR) is 90.7 cm³/mol. The summed E-state index contributed by atoms with van der Waals surface area (Å²) in [5, 5.41) is 20.4. The van der Waals surface area contributed by atoms with Crippen molar-refractivity contribution in [3.05, 3.63) is 46.6 Å². The highest BCUT2D eigenvalue weighted by atomic mass is 16.3. The van der Waals surface area contributed by atoms with Crippen molar-refractivity contribution in [2.24, 2.45) is 0 Å². The Hall–Kier alpha value is -2.03. The molecule has 0 unspecified atom stereocenters. The Balaban J connectivity index is 3.01. The molecule has 3 heteroatoms. The van der Waals surface area contributed by atoms with Gasteiger partial charge in [0.2, 0.25) is 0 Å². The molecule has 0 aliphatic heterocycles. The first-order chi connectivity index (χ1) is 10.5. The average molecular weight is 302 g/mol. The lowest BCUT2D eigenvalue weighted by Crippen LogP contribution is -1.98. The number of carbonyl (C=O) groups is 1. The Bertz CT molecular complexity index is 565. The van der Waals surface area contributed by atoms with Gasteiger partial charge in [-0.15, -0.1) is 0 Å². The molecule has 22 heavy (non-hydrogen) atoms. The number of hydrogen-bond acceptors (Lipinski definition) is 3. The minimum absolute atomic E-state index is 0.0159. The van der Waals surface area contributed by atoms with Crippen LogP contribution in [-0.2, 0) is 12.8 Å². The topological polar surface area (TPSA) is 57.5 Å². The van der Waals surface area contributed by atoms with Gasteiger partial charge in [0, 0.05) is 11.1 Å². The van der Waals surface area contributed by atoms with Crippen LogP contribution in [0, 0.1) is 0 Å². The quantitative estimate of drug-likeness (QED) is 0.415. The number of hydrogen-bond donors (Lipinski definition) is 2. The van der Waals surface area contributed by atoms with Crippen molar-refractivity contribution in [3.8, 4) is 11.5 Å². The molecule has 0 atom stereocenters. The maximum atomic E-state index is 11.3. The highest BCUT2D eigenvalue weighted by molar-refractivity contribution is 5.84. The Kier molecular flexibility index (Phi) is 7.44. The third-order valence-electron chi connectivity index (χ3n) is 3.54. The molecule has 0 spiro atoms. The molecule has 0 aliphatic rings. The van der Waals surface area contributed by atoms with E-state index in [0.717, 1.165) is 24.8 Å². The van der Waals surface area contributed by atoms with Gasteiger partial charge < -0.3 is 10.2 Å². The van der Waals surface area contributed by atoms with Crippen LogP contribution in [0.2, 0.25) is 0 Å². The molecule has 120 valence electrons. The van der Waals surface area contributed by atoms with Crippen molar-refractivity contribution in [3.63, 3.8) is 0 Å². The number of unbranched alkanes of at least 4 members (excludes halogenated alkanes) is 1. The number of phenolic OH excluding ortho intramolecular Hbond substituents is 2. The molecule has 0 heterocycles. The second kappa shape index (κ2) is 9.08. The summed E-state index contributed by atoms with van der Waals surface area (Å²) in [6.07, 6.45) is 10.6. The lowest BCUT2D eigenvalue weighted by atomic mass is 9.96. The van der Waals surface area contributed by atoms with Crippen molar-refractivity contribution in [1.29, 1.82) is 0 Å². The monoisotopic (exact) mass is 302 g/mol. The van der Waals surface area contributed by atoms with E-state index in [1.807, 2.05) is 26.0 Å². The Morgan fingerprint density at radius 2 is 1.86 bits per heavy atom. The van der Waals surface area contributed by atoms with Crippen molar-refractivity contribution < 1.29 is 15.0 Å². The van der Waals surface area contributed by atoms with Crippen LogP contribution in [0.1, 0.15) is 61.5 Å². The van der Waals surface area contributed by atoms with Gasteiger partial charge in [0.05, 0.1) is 5.56 Å². The van der Waals surface area contributed by atoms with Crippen LogP contribution in [0.15, 0.2) is 29.9 Å². The smallest absolute Gasteiger partial charge is 0.154 e. The minimum atomic E-state index is -0.0159. The summed E-state index contributed by atoms with van der Waals surface area (Å²) in [7, 11) is 0. The normalized spacial score (nSPS) is 10.9. The van der Waals surface area contributed by atoms with Gasteiger partial charge >= 0.3 is 0 Å². The van der Waals surface area contributed by atoms with E-state index >= 15 is 0 Å². The van der Waals surface area contributed by atoms with E-state index in [1.54, 1.807) is 6.07 Å². The lowest BCUT2D eigenvalue weighted by Gasteiger charge is -2.12. The third kappa shape index (κ3) is 5.06. The van der Waals surface area contributed by atoms with Gasteiger partial charge in [0.15, 0.2) is 6.29 Å². The van der Waals surface area contributed by atoms with Gasteiger partial charge in [-0.2, -0.15) is 0 Å². The molecular weight excluding hydrogens is 276 g/mol. The molecule has 0 saturated carbocycles. The van der Waals surface area contributed by atoms with E-state index in [0.29, 0.717) is 30.3 Å². The fourth-order valence-electron chi connectivity index (χ4n) is 2.26. The Morgan fingerprint density at radius 3 is 2.45 bits per heavy atom. The number of allylic oxidation sites excluding steroid dienone is 4. The summed E-state index contributed by atoms with van der Waals surface area (Å²) in [6.45, 7) is 6.05. The van der Waals surface area contributed by atoms with Gasteiger partial charge in [0.25, 0.3) is 0 Å². The first-order valence-corrected chi connectivity index (χ1v) is 7.81. The zero-order valence-corrected chi connectivity index (χ0v) is 13.7. The number of benzene rings is 1. The van der Waals surface area contributed by atoms with Gasteiger partial charge in [0.1, 0.15) is 11.5 Å². The molecule has 0 saturated heterocycles. The Morgan fingerprint density at radius 1 is 1.18 bits per heavy atom. The fraction of sp³-hybridized carbons (Fsp3) is 0.421. The molecule has 0 amide bonds. The standard InChI is InChI=1S/C19H26O3/c1-4-5-6-7-8-9-16-17(13-20)19(22)15(12-18(16)21)11-10-14(2)3/h6-7,10,12-13,21-22H,4-5,8-9,11H2,1-3H3. The summed E-state index contributed by atoms with van der Waals surface area (Å²) in [5.74, 6) is 0.0683. The second-order valence-corrected chi connectivity index (χ2v) is 5.70. The summed E-state index contributed by atoms with van der Waals surface area (Å²) in [6, 6.07) is 1.56. The molecule has 1 aromatic carbocycles. The molecule has 1 aromatic rings. The Labute approximate surface area is 133 Å². The number of rotatable bonds is 8.